The Morgan fingerprint density at radius 3 is 2.95 bits per heavy atom. The van der Waals surface area contributed by atoms with Gasteiger partial charge in [-0.2, -0.15) is 0 Å². The molecule has 0 spiro atoms. The molecule has 0 bridgehead atoms. The van der Waals surface area contributed by atoms with Gasteiger partial charge < -0.3 is 10.1 Å². The maximum absolute atomic E-state index is 12.3. The van der Waals surface area contributed by atoms with Gasteiger partial charge in [-0.05, 0) is 12.1 Å². The number of amides is 1. The number of aromatic nitrogens is 4. The van der Waals surface area contributed by atoms with E-state index in [0.29, 0.717) is 24.7 Å². The maximum atomic E-state index is 12.3. The van der Waals surface area contributed by atoms with Gasteiger partial charge in [0.2, 0.25) is 5.82 Å². The van der Waals surface area contributed by atoms with Crippen LogP contribution in [0.25, 0.3) is 16.8 Å². The number of pyridine rings is 1. The summed E-state index contributed by atoms with van der Waals surface area (Å²) in [5, 5.41) is 2.77. The Morgan fingerprint density at radius 1 is 1.32 bits per heavy atom. The Morgan fingerprint density at radius 2 is 2.18 bits per heavy atom. The van der Waals surface area contributed by atoms with Crippen LogP contribution in [0.4, 0.5) is 0 Å². The molecule has 3 heterocycles. The van der Waals surface area contributed by atoms with Gasteiger partial charge in [-0.15, -0.1) is 0 Å². The van der Waals surface area contributed by atoms with Gasteiger partial charge in [0.25, 0.3) is 5.91 Å². The minimum atomic E-state index is -0.256. The lowest BCUT2D eigenvalue weighted by Crippen LogP contribution is -2.28. The van der Waals surface area contributed by atoms with Gasteiger partial charge in [0.1, 0.15) is 5.69 Å². The summed E-state index contributed by atoms with van der Waals surface area (Å²) in [6.07, 6.45) is 8.42. The molecule has 7 heteroatoms. The van der Waals surface area contributed by atoms with E-state index in [1.165, 1.54) is 0 Å². The molecular formula is C15H15N5O2. The Labute approximate surface area is 127 Å². The predicted molar refractivity (Wildman–Crippen MR) is 80.4 cm³/mol. The van der Waals surface area contributed by atoms with E-state index in [0.717, 1.165) is 11.1 Å². The Kier molecular flexibility index (Phi) is 4.06. The van der Waals surface area contributed by atoms with Crippen LogP contribution in [0.5, 0.6) is 0 Å². The quantitative estimate of drug-likeness (QED) is 0.715. The first-order chi connectivity index (χ1) is 10.8. The molecule has 7 nitrogen and oxygen atoms in total. The van der Waals surface area contributed by atoms with Gasteiger partial charge >= 0.3 is 0 Å². The second kappa shape index (κ2) is 6.31. The van der Waals surface area contributed by atoms with Crippen LogP contribution in [0.1, 0.15) is 10.6 Å². The van der Waals surface area contributed by atoms with E-state index >= 15 is 0 Å². The molecule has 3 aromatic heterocycles. The zero-order valence-corrected chi connectivity index (χ0v) is 12.1. The third kappa shape index (κ3) is 2.66. The number of carbonyl (C=O) groups is 1. The van der Waals surface area contributed by atoms with E-state index in [1.54, 1.807) is 42.5 Å². The van der Waals surface area contributed by atoms with Crippen LogP contribution in [-0.2, 0) is 4.74 Å². The molecule has 1 N–H and O–H groups in total. The van der Waals surface area contributed by atoms with Crippen LogP contribution in [0, 0.1) is 0 Å². The summed E-state index contributed by atoms with van der Waals surface area (Å²) in [4.78, 5) is 25.0. The molecule has 0 aliphatic heterocycles. The van der Waals surface area contributed by atoms with Crippen molar-refractivity contribution in [2.75, 3.05) is 20.3 Å². The Bertz CT molecular complexity index is 785. The predicted octanol–water partition coefficient (Wildman–Crippen LogP) is 1.17. The molecular weight excluding hydrogens is 282 g/mol. The summed E-state index contributed by atoms with van der Waals surface area (Å²) < 4.78 is 6.65. The summed E-state index contributed by atoms with van der Waals surface area (Å²) in [5.74, 6) is 0.0562. The number of rotatable bonds is 5. The van der Waals surface area contributed by atoms with E-state index in [9.17, 15) is 4.79 Å². The van der Waals surface area contributed by atoms with E-state index in [2.05, 4.69) is 20.3 Å². The highest BCUT2D eigenvalue weighted by Crippen LogP contribution is 2.23. The highest BCUT2D eigenvalue weighted by molar-refractivity contribution is 5.94. The van der Waals surface area contributed by atoms with Crippen molar-refractivity contribution in [3.8, 4) is 11.3 Å². The third-order valence-electron chi connectivity index (χ3n) is 3.18. The first-order valence-corrected chi connectivity index (χ1v) is 6.81. The molecule has 0 unspecified atom stereocenters. The van der Waals surface area contributed by atoms with Crippen LogP contribution in [0.2, 0.25) is 0 Å². The second-order valence-corrected chi connectivity index (χ2v) is 4.61. The zero-order chi connectivity index (χ0) is 15.4. The molecule has 0 saturated carbocycles. The number of nitrogens with one attached hydrogen (secondary N) is 1. The Hall–Kier alpha value is -2.80. The van der Waals surface area contributed by atoms with Crippen LogP contribution in [0.15, 0.2) is 43.1 Å². The molecule has 0 atom stereocenters. The van der Waals surface area contributed by atoms with Gasteiger partial charge in [0, 0.05) is 44.0 Å². The average Bonchev–Trinajstić information content (AvgIpc) is 2.95. The highest BCUT2D eigenvalue weighted by atomic mass is 16.5. The molecule has 0 radical (unpaired) electrons. The minimum Gasteiger partial charge on any atom is -0.383 e. The Balaban J connectivity index is 2.03. The van der Waals surface area contributed by atoms with Gasteiger partial charge in [0.15, 0.2) is 0 Å². The van der Waals surface area contributed by atoms with Crippen LogP contribution in [0.3, 0.4) is 0 Å². The lowest BCUT2D eigenvalue weighted by Gasteiger charge is -2.03. The fraction of sp³-hybridized carbons (Fsp3) is 0.200. The van der Waals surface area contributed by atoms with Crippen molar-refractivity contribution >= 4 is 11.4 Å². The number of fused-ring (bicyclic) bond motifs is 1. The van der Waals surface area contributed by atoms with E-state index < -0.39 is 0 Å². The lowest BCUT2D eigenvalue weighted by atomic mass is 10.2. The molecule has 0 aliphatic rings. The van der Waals surface area contributed by atoms with Crippen molar-refractivity contribution in [3.63, 3.8) is 0 Å². The fourth-order valence-electron chi connectivity index (χ4n) is 2.16. The normalized spacial score (nSPS) is 10.8. The summed E-state index contributed by atoms with van der Waals surface area (Å²) in [7, 11) is 1.59. The van der Waals surface area contributed by atoms with Crippen molar-refractivity contribution in [3.05, 3.63) is 48.9 Å². The van der Waals surface area contributed by atoms with Gasteiger partial charge in [-0.25, -0.2) is 4.98 Å². The topological polar surface area (TPSA) is 81.4 Å². The van der Waals surface area contributed by atoms with Gasteiger partial charge in [0.05, 0.1) is 18.3 Å². The summed E-state index contributed by atoms with van der Waals surface area (Å²) in [6, 6.07) is 3.73. The molecule has 0 aliphatic carbocycles. The number of hydrogen-bond acceptors (Lipinski definition) is 5. The first-order valence-electron chi connectivity index (χ1n) is 6.81. The monoisotopic (exact) mass is 297 g/mol. The molecule has 22 heavy (non-hydrogen) atoms. The fourth-order valence-corrected chi connectivity index (χ4v) is 2.16. The summed E-state index contributed by atoms with van der Waals surface area (Å²) in [6.45, 7) is 0.879. The number of carbonyl (C=O) groups excluding carboxylic acids is 1. The van der Waals surface area contributed by atoms with Crippen molar-refractivity contribution in [1.29, 1.82) is 0 Å². The van der Waals surface area contributed by atoms with Crippen molar-refractivity contribution in [2.24, 2.45) is 0 Å². The number of hydrogen-bond donors (Lipinski definition) is 1. The molecule has 3 rings (SSSR count). The third-order valence-corrected chi connectivity index (χ3v) is 3.18. The van der Waals surface area contributed by atoms with Crippen molar-refractivity contribution in [1.82, 2.24) is 24.7 Å². The summed E-state index contributed by atoms with van der Waals surface area (Å²) in [5.41, 5.74) is 2.27. The largest absolute Gasteiger partial charge is 0.383 e. The number of ether oxygens (including phenoxy) is 1. The smallest absolute Gasteiger partial charge is 0.287 e. The summed E-state index contributed by atoms with van der Waals surface area (Å²) >= 11 is 0. The highest BCUT2D eigenvalue weighted by Gasteiger charge is 2.18. The zero-order valence-electron chi connectivity index (χ0n) is 12.1. The number of imidazole rings is 1. The lowest BCUT2D eigenvalue weighted by molar-refractivity contribution is 0.0926. The van der Waals surface area contributed by atoms with E-state index in [-0.39, 0.29) is 5.91 Å². The van der Waals surface area contributed by atoms with Gasteiger partial charge in [-0.1, -0.05) is 0 Å². The molecule has 0 saturated heterocycles. The van der Waals surface area contributed by atoms with E-state index in [4.69, 9.17) is 4.74 Å². The SMILES string of the molecule is COCCNC(=O)c1nc(-c2cccnc2)c2cnccn12. The number of nitrogens with zero attached hydrogens (tertiary/aromatic N) is 4. The second-order valence-electron chi connectivity index (χ2n) is 4.61. The van der Waals surface area contributed by atoms with Crippen LogP contribution < -0.4 is 5.32 Å². The van der Waals surface area contributed by atoms with Crippen LogP contribution >= 0.6 is 0 Å². The van der Waals surface area contributed by atoms with Crippen molar-refractivity contribution < 1.29 is 9.53 Å². The minimum absolute atomic E-state index is 0.256. The number of methoxy groups -OCH3 is 1. The first kappa shape index (κ1) is 14.2. The molecule has 0 fully saturated rings. The van der Waals surface area contributed by atoms with E-state index in [1.807, 2.05) is 12.1 Å². The van der Waals surface area contributed by atoms with Gasteiger partial charge in [-0.3, -0.25) is 19.2 Å². The molecule has 3 aromatic rings. The molecule has 1 amide bonds. The van der Waals surface area contributed by atoms with Crippen LogP contribution in [-0.4, -0.2) is 45.5 Å². The van der Waals surface area contributed by atoms with Crippen molar-refractivity contribution in [2.45, 2.75) is 0 Å². The maximum Gasteiger partial charge on any atom is 0.287 e. The standard InChI is InChI=1S/C15H15N5O2/c1-22-8-6-18-15(21)14-19-13(11-3-2-4-16-9-11)12-10-17-5-7-20(12)14/h2-5,7,9-10H,6,8H2,1H3,(H,18,21). The molecule has 112 valence electrons. The average molecular weight is 297 g/mol. The molecule has 0 aromatic carbocycles.